The number of nitrogens with one attached hydrogen (secondary N) is 1. The Morgan fingerprint density at radius 3 is 2.56 bits per heavy atom. The molecule has 2 unspecified atom stereocenters. The molecule has 0 bridgehead atoms. The van der Waals surface area contributed by atoms with E-state index in [-0.39, 0.29) is 35.2 Å². The van der Waals surface area contributed by atoms with Crippen molar-refractivity contribution in [2.45, 2.75) is 39.8 Å². The lowest BCUT2D eigenvalue weighted by Crippen LogP contribution is -2.30. The summed E-state index contributed by atoms with van der Waals surface area (Å²) in [6.07, 6.45) is 1.55. The summed E-state index contributed by atoms with van der Waals surface area (Å²) in [5.74, 6) is 0.0635. The quantitative estimate of drug-likeness (QED) is 0.860. The molecule has 0 aliphatic carbocycles. The van der Waals surface area contributed by atoms with Crippen LogP contribution in [-0.2, 0) is 0 Å². The predicted molar refractivity (Wildman–Crippen MR) is 73.2 cm³/mol. The fraction of sp³-hybridized carbons (Fsp3) is 0.667. The number of aromatic nitrogens is 2. The molecule has 0 fully saturated rings. The third-order valence-corrected chi connectivity index (χ3v) is 3.32. The highest BCUT2D eigenvalue weighted by Gasteiger charge is 2.15. The molecule has 0 spiro atoms. The fourth-order valence-corrected chi connectivity index (χ4v) is 1.65. The van der Waals surface area contributed by atoms with Crippen LogP contribution in [0.2, 0.25) is 5.02 Å². The van der Waals surface area contributed by atoms with Gasteiger partial charge in [-0.25, -0.2) is 4.68 Å². The molecule has 2 N–H and O–H groups in total. The highest BCUT2D eigenvalue weighted by atomic mass is 35.5. The molecule has 1 aromatic heterocycles. The minimum absolute atomic E-state index is 0.00333. The number of aliphatic hydroxyl groups is 1. The van der Waals surface area contributed by atoms with Gasteiger partial charge >= 0.3 is 0 Å². The second-order valence-electron chi connectivity index (χ2n) is 4.81. The van der Waals surface area contributed by atoms with Crippen LogP contribution in [-0.4, -0.2) is 27.5 Å². The summed E-state index contributed by atoms with van der Waals surface area (Å²) < 4.78 is 1.34. The van der Waals surface area contributed by atoms with Crippen molar-refractivity contribution in [3.05, 3.63) is 21.6 Å². The zero-order chi connectivity index (χ0) is 13.9. The average Bonchev–Trinajstić information content (AvgIpc) is 2.33. The number of aliphatic hydroxyl groups excluding tert-OH is 1. The van der Waals surface area contributed by atoms with E-state index in [1.165, 1.54) is 4.68 Å². The molecule has 0 aliphatic heterocycles. The van der Waals surface area contributed by atoms with Gasteiger partial charge < -0.3 is 10.4 Å². The van der Waals surface area contributed by atoms with E-state index >= 15 is 0 Å². The monoisotopic (exact) mass is 273 g/mol. The van der Waals surface area contributed by atoms with Crippen molar-refractivity contribution in [2.75, 3.05) is 11.9 Å². The molecular weight excluding hydrogens is 254 g/mol. The zero-order valence-electron chi connectivity index (χ0n) is 11.1. The Hall–Kier alpha value is -1.07. The highest BCUT2D eigenvalue weighted by molar-refractivity contribution is 6.32. The molecule has 0 amide bonds. The van der Waals surface area contributed by atoms with Crippen LogP contribution in [0, 0.1) is 5.92 Å². The van der Waals surface area contributed by atoms with Crippen molar-refractivity contribution in [1.82, 2.24) is 9.78 Å². The predicted octanol–water partition coefficient (Wildman–Crippen LogP) is 1.91. The highest BCUT2D eigenvalue weighted by Crippen LogP contribution is 2.19. The summed E-state index contributed by atoms with van der Waals surface area (Å²) in [4.78, 5) is 11.9. The van der Waals surface area contributed by atoms with Crippen LogP contribution in [0.15, 0.2) is 11.0 Å². The molecule has 102 valence electrons. The maximum atomic E-state index is 11.9. The number of halogens is 1. The third-order valence-electron chi connectivity index (χ3n) is 2.96. The van der Waals surface area contributed by atoms with Crippen molar-refractivity contribution in [2.24, 2.45) is 5.92 Å². The van der Waals surface area contributed by atoms with Crippen molar-refractivity contribution in [1.29, 1.82) is 0 Å². The first-order chi connectivity index (χ1) is 8.38. The number of hydrogen-bond acceptors (Lipinski definition) is 4. The molecule has 0 radical (unpaired) electrons. The standard InChI is InChI=1S/C12H20ClN3O2/c1-7(2)16-12(18)11(13)10(5-14-16)15-9(4)8(3)6-17/h5,7-9,15,17H,6H2,1-4H3. The number of hydrogen-bond donors (Lipinski definition) is 2. The molecular formula is C12H20ClN3O2. The molecule has 0 aromatic carbocycles. The topological polar surface area (TPSA) is 67.2 Å². The van der Waals surface area contributed by atoms with E-state index in [1.807, 2.05) is 27.7 Å². The van der Waals surface area contributed by atoms with Crippen LogP contribution < -0.4 is 10.9 Å². The van der Waals surface area contributed by atoms with E-state index < -0.39 is 0 Å². The average molecular weight is 274 g/mol. The van der Waals surface area contributed by atoms with Crippen LogP contribution in [0.3, 0.4) is 0 Å². The first-order valence-electron chi connectivity index (χ1n) is 6.03. The minimum Gasteiger partial charge on any atom is -0.396 e. The fourth-order valence-electron chi connectivity index (χ4n) is 1.46. The Balaban J connectivity index is 2.99. The van der Waals surface area contributed by atoms with E-state index in [1.54, 1.807) is 6.20 Å². The first kappa shape index (κ1) is 15.0. The number of anilines is 1. The molecule has 1 heterocycles. The van der Waals surface area contributed by atoms with Crippen molar-refractivity contribution >= 4 is 17.3 Å². The Morgan fingerprint density at radius 1 is 1.44 bits per heavy atom. The van der Waals surface area contributed by atoms with Crippen molar-refractivity contribution in [3.63, 3.8) is 0 Å². The lowest BCUT2D eigenvalue weighted by molar-refractivity contribution is 0.226. The summed E-state index contributed by atoms with van der Waals surface area (Å²) in [6, 6.07) is -0.0264. The number of nitrogens with zero attached hydrogens (tertiary/aromatic N) is 2. The SMILES string of the molecule is CC(CO)C(C)Nc1cnn(C(C)C)c(=O)c1Cl. The maximum Gasteiger partial charge on any atom is 0.287 e. The Kier molecular flexibility index (Phi) is 5.16. The summed E-state index contributed by atoms with van der Waals surface area (Å²) in [5.41, 5.74) is 0.201. The number of rotatable bonds is 5. The van der Waals surface area contributed by atoms with Crippen molar-refractivity contribution in [3.8, 4) is 0 Å². The molecule has 5 nitrogen and oxygen atoms in total. The molecule has 6 heteroatoms. The Labute approximate surface area is 112 Å². The summed E-state index contributed by atoms with van der Waals surface area (Å²) in [7, 11) is 0. The van der Waals surface area contributed by atoms with Gasteiger partial charge in [-0.3, -0.25) is 4.79 Å². The smallest absolute Gasteiger partial charge is 0.287 e. The van der Waals surface area contributed by atoms with Gasteiger partial charge in [0.2, 0.25) is 0 Å². The Morgan fingerprint density at radius 2 is 2.06 bits per heavy atom. The lowest BCUT2D eigenvalue weighted by atomic mass is 10.1. The first-order valence-corrected chi connectivity index (χ1v) is 6.41. The van der Waals surface area contributed by atoms with E-state index in [0.717, 1.165) is 0 Å². The van der Waals surface area contributed by atoms with Gasteiger partial charge in [0.15, 0.2) is 0 Å². The van der Waals surface area contributed by atoms with E-state index in [2.05, 4.69) is 10.4 Å². The zero-order valence-corrected chi connectivity index (χ0v) is 11.9. The van der Waals surface area contributed by atoms with Gasteiger partial charge in [0, 0.05) is 12.6 Å². The van der Waals surface area contributed by atoms with E-state index in [9.17, 15) is 4.79 Å². The lowest BCUT2D eigenvalue weighted by Gasteiger charge is -2.21. The van der Waals surface area contributed by atoms with Gasteiger partial charge in [-0.15, -0.1) is 0 Å². The van der Waals surface area contributed by atoms with Crippen LogP contribution in [0.25, 0.3) is 0 Å². The molecule has 1 rings (SSSR count). The largest absolute Gasteiger partial charge is 0.396 e. The Bertz CT molecular complexity index is 459. The van der Waals surface area contributed by atoms with Gasteiger partial charge in [-0.1, -0.05) is 18.5 Å². The summed E-state index contributed by atoms with van der Waals surface area (Å²) in [5, 5.41) is 16.4. The maximum absolute atomic E-state index is 11.9. The molecule has 0 saturated carbocycles. The van der Waals surface area contributed by atoms with Gasteiger partial charge in [0.05, 0.1) is 17.9 Å². The van der Waals surface area contributed by atoms with E-state index in [0.29, 0.717) is 5.69 Å². The minimum atomic E-state index is -0.305. The van der Waals surface area contributed by atoms with Crippen LogP contribution in [0.4, 0.5) is 5.69 Å². The van der Waals surface area contributed by atoms with Gasteiger partial charge in [0.25, 0.3) is 5.56 Å². The normalized spacial score (nSPS) is 14.6. The third kappa shape index (κ3) is 3.23. The van der Waals surface area contributed by atoms with Crippen LogP contribution >= 0.6 is 11.6 Å². The molecule has 2 atom stereocenters. The van der Waals surface area contributed by atoms with Crippen molar-refractivity contribution < 1.29 is 5.11 Å². The van der Waals surface area contributed by atoms with Gasteiger partial charge in [-0.05, 0) is 26.7 Å². The second-order valence-corrected chi connectivity index (χ2v) is 5.19. The van der Waals surface area contributed by atoms with Crippen LogP contribution in [0.1, 0.15) is 33.7 Å². The second kappa shape index (κ2) is 6.20. The molecule has 0 aliphatic rings. The van der Waals surface area contributed by atoms with Gasteiger partial charge in [0.1, 0.15) is 5.02 Å². The van der Waals surface area contributed by atoms with E-state index in [4.69, 9.17) is 16.7 Å². The summed E-state index contributed by atoms with van der Waals surface area (Å²) >= 11 is 6.04. The van der Waals surface area contributed by atoms with Crippen LogP contribution in [0.5, 0.6) is 0 Å². The molecule has 1 aromatic rings. The molecule has 0 saturated heterocycles. The summed E-state index contributed by atoms with van der Waals surface area (Å²) in [6.45, 7) is 7.64. The van der Waals surface area contributed by atoms with Gasteiger partial charge in [-0.2, -0.15) is 5.10 Å². The molecule has 18 heavy (non-hydrogen) atoms.